The van der Waals surface area contributed by atoms with Crippen molar-refractivity contribution in [1.29, 1.82) is 0 Å². The van der Waals surface area contributed by atoms with Gasteiger partial charge in [0.25, 0.3) is 11.7 Å². The Labute approximate surface area is 236 Å². The van der Waals surface area contributed by atoms with Gasteiger partial charge in [0.05, 0.1) is 24.8 Å². The van der Waals surface area contributed by atoms with Crippen molar-refractivity contribution in [2.24, 2.45) is 0 Å². The van der Waals surface area contributed by atoms with Crippen LogP contribution in [0.3, 0.4) is 0 Å². The first-order valence-corrected chi connectivity index (χ1v) is 13.7. The van der Waals surface area contributed by atoms with Crippen molar-refractivity contribution in [3.8, 4) is 11.5 Å². The van der Waals surface area contributed by atoms with Crippen LogP contribution in [0.4, 0.5) is 0 Å². The molecule has 1 heterocycles. The first kappa shape index (κ1) is 28.9. The highest BCUT2D eigenvalue weighted by Gasteiger charge is 2.46. The number of hydrogen-bond acceptors (Lipinski definition) is 6. The van der Waals surface area contributed by atoms with Gasteiger partial charge < -0.3 is 24.2 Å². The van der Waals surface area contributed by atoms with E-state index in [2.05, 4.69) is 6.92 Å². The summed E-state index contributed by atoms with van der Waals surface area (Å²) in [7, 11) is 1.54. The normalized spacial score (nSPS) is 16.4. The molecule has 3 aromatic rings. The van der Waals surface area contributed by atoms with Crippen molar-refractivity contribution < 1.29 is 28.9 Å². The molecule has 0 spiro atoms. The monoisotopic (exact) mass is 543 g/mol. The van der Waals surface area contributed by atoms with E-state index in [1.54, 1.807) is 24.3 Å². The van der Waals surface area contributed by atoms with Crippen molar-refractivity contribution in [3.63, 3.8) is 0 Å². The van der Waals surface area contributed by atoms with Gasteiger partial charge in [0.1, 0.15) is 23.9 Å². The molecule has 7 nitrogen and oxygen atoms in total. The first-order chi connectivity index (χ1) is 19.4. The number of aryl methyl sites for hydroxylation is 1. The van der Waals surface area contributed by atoms with Gasteiger partial charge in [0.2, 0.25) is 0 Å². The van der Waals surface area contributed by atoms with E-state index in [1.807, 2.05) is 55.5 Å². The largest absolute Gasteiger partial charge is 0.507 e. The average Bonchev–Trinajstić information content (AvgIpc) is 3.23. The number of likely N-dealkylation sites (tertiary alicyclic amines) is 1. The number of methoxy groups -OCH3 is 1. The molecule has 0 bridgehead atoms. The Balaban J connectivity index is 1.63. The number of nitrogens with zero attached hydrogens (tertiary/aromatic N) is 1. The van der Waals surface area contributed by atoms with Crippen molar-refractivity contribution in [2.75, 3.05) is 26.9 Å². The van der Waals surface area contributed by atoms with E-state index in [0.29, 0.717) is 35.8 Å². The van der Waals surface area contributed by atoms with Crippen molar-refractivity contribution >= 4 is 17.4 Å². The maximum Gasteiger partial charge on any atom is 0.295 e. The standard InChI is InChI=1S/C33H37NO6/c1-4-5-6-19-39-27-16-14-25(15-17-27)31(35)29-30(34(18-20-38-3)33(37)32(29)36)26-8-7-9-28(21-26)40-22-24-12-10-23(2)11-13-24/h7-17,21,30,35H,4-6,18-20,22H2,1-3H3/b31-29-. The minimum Gasteiger partial charge on any atom is -0.507 e. The third-order valence-electron chi connectivity index (χ3n) is 6.92. The summed E-state index contributed by atoms with van der Waals surface area (Å²) in [5.74, 6) is -0.357. The fraction of sp³-hybridized carbons (Fsp3) is 0.333. The Morgan fingerprint density at radius 3 is 2.35 bits per heavy atom. The van der Waals surface area contributed by atoms with Gasteiger partial charge in [0, 0.05) is 19.2 Å². The van der Waals surface area contributed by atoms with Crippen molar-refractivity contribution in [3.05, 3.63) is 101 Å². The van der Waals surface area contributed by atoms with Crippen molar-refractivity contribution in [2.45, 2.75) is 45.8 Å². The zero-order chi connectivity index (χ0) is 28.5. The molecule has 0 saturated carbocycles. The Kier molecular flexibility index (Phi) is 9.97. The van der Waals surface area contributed by atoms with Crippen molar-refractivity contribution in [1.82, 2.24) is 4.90 Å². The number of rotatable bonds is 13. The number of ketones is 1. The third-order valence-corrected chi connectivity index (χ3v) is 6.92. The number of hydrogen-bond donors (Lipinski definition) is 1. The highest BCUT2D eigenvalue weighted by atomic mass is 16.5. The zero-order valence-corrected chi connectivity index (χ0v) is 23.4. The summed E-state index contributed by atoms with van der Waals surface area (Å²) >= 11 is 0. The number of amides is 1. The van der Waals surface area contributed by atoms with Gasteiger partial charge in [-0.15, -0.1) is 0 Å². The lowest BCUT2D eigenvalue weighted by Gasteiger charge is -2.25. The van der Waals surface area contributed by atoms with Crippen LogP contribution >= 0.6 is 0 Å². The van der Waals surface area contributed by atoms with Crippen LogP contribution < -0.4 is 9.47 Å². The fourth-order valence-corrected chi connectivity index (χ4v) is 4.68. The zero-order valence-electron chi connectivity index (χ0n) is 23.4. The quantitative estimate of drug-likeness (QED) is 0.119. The molecular weight excluding hydrogens is 506 g/mol. The van der Waals surface area contributed by atoms with Crippen LogP contribution in [0, 0.1) is 6.92 Å². The second kappa shape index (κ2) is 13.8. The van der Waals surface area contributed by atoms with Gasteiger partial charge in [-0.05, 0) is 60.9 Å². The summed E-state index contributed by atoms with van der Waals surface area (Å²) in [5, 5.41) is 11.3. The molecule has 40 heavy (non-hydrogen) atoms. The number of benzene rings is 3. The highest BCUT2D eigenvalue weighted by molar-refractivity contribution is 6.46. The molecule has 210 valence electrons. The summed E-state index contributed by atoms with van der Waals surface area (Å²) in [4.78, 5) is 27.8. The smallest absolute Gasteiger partial charge is 0.295 e. The van der Waals surface area contributed by atoms with Gasteiger partial charge >= 0.3 is 0 Å². The summed E-state index contributed by atoms with van der Waals surface area (Å²) in [6.45, 7) is 5.61. The first-order valence-electron chi connectivity index (χ1n) is 13.7. The number of carbonyl (C=O) groups excluding carboxylic acids is 2. The maximum atomic E-state index is 13.3. The number of ether oxygens (including phenoxy) is 3. The number of carbonyl (C=O) groups is 2. The third kappa shape index (κ3) is 6.90. The van der Waals surface area contributed by atoms with Crippen LogP contribution in [0.2, 0.25) is 0 Å². The molecule has 1 aliphatic heterocycles. The van der Waals surface area contributed by atoms with Gasteiger partial charge in [-0.3, -0.25) is 9.59 Å². The maximum absolute atomic E-state index is 13.3. The molecule has 1 unspecified atom stereocenters. The van der Waals surface area contributed by atoms with Gasteiger partial charge in [-0.25, -0.2) is 0 Å². The predicted molar refractivity (Wildman–Crippen MR) is 154 cm³/mol. The molecule has 4 rings (SSSR count). The van der Waals surface area contributed by atoms with Crippen LogP contribution in [0.15, 0.2) is 78.4 Å². The number of Topliss-reactive ketones (excluding diaryl/α,β-unsaturated/α-hetero) is 1. The molecule has 1 N–H and O–H groups in total. The summed E-state index contributed by atoms with van der Waals surface area (Å²) < 4.78 is 17.0. The Morgan fingerprint density at radius 1 is 0.900 bits per heavy atom. The Morgan fingerprint density at radius 2 is 1.65 bits per heavy atom. The second-order valence-electron chi connectivity index (χ2n) is 9.91. The van der Waals surface area contributed by atoms with Crippen LogP contribution in [0.25, 0.3) is 5.76 Å². The molecular formula is C33H37NO6. The number of unbranched alkanes of at least 4 members (excludes halogenated alkanes) is 2. The van der Waals surface area contributed by atoms with Crippen LogP contribution in [0.5, 0.6) is 11.5 Å². The van der Waals surface area contributed by atoms with Crippen LogP contribution in [0.1, 0.15) is 54.5 Å². The lowest BCUT2D eigenvalue weighted by molar-refractivity contribution is -0.140. The lowest BCUT2D eigenvalue weighted by Crippen LogP contribution is -2.32. The van der Waals surface area contributed by atoms with E-state index in [-0.39, 0.29) is 24.5 Å². The van der Waals surface area contributed by atoms with Gasteiger partial charge in [0.15, 0.2) is 0 Å². The van der Waals surface area contributed by atoms with E-state index in [9.17, 15) is 14.7 Å². The molecule has 1 aliphatic rings. The lowest BCUT2D eigenvalue weighted by atomic mass is 9.95. The van der Waals surface area contributed by atoms with Crippen LogP contribution in [-0.4, -0.2) is 48.6 Å². The molecule has 1 fully saturated rings. The topological polar surface area (TPSA) is 85.3 Å². The Hall–Kier alpha value is -4.10. The molecule has 1 atom stereocenters. The SMILES string of the molecule is CCCCCOc1ccc(/C(O)=C2/C(=O)C(=O)N(CCOC)C2c2cccc(OCc3ccc(C)cc3)c2)cc1. The molecule has 3 aromatic carbocycles. The van der Waals surface area contributed by atoms with Gasteiger partial charge in [-0.2, -0.15) is 0 Å². The molecule has 1 amide bonds. The predicted octanol–water partition coefficient (Wildman–Crippen LogP) is 6.21. The van der Waals surface area contributed by atoms with Crippen LogP contribution in [-0.2, 0) is 20.9 Å². The Bertz CT molecular complexity index is 1330. The molecule has 0 aliphatic carbocycles. The minimum atomic E-state index is -0.789. The highest BCUT2D eigenvalue weighted by Crippen LogP contribution is 2.40. The number of aliphatic hydroxyl groups excluding tert-OH is 1. The summed E-state index contributed by atoms with van der Waals surface area (Å²) in [6, 6.07) is 21.5. The second-order valence-corrected chi connectivity index (χ2v) is 9.91. The summed E-state index contributed by atoms with van der Waals surface area (Å²) in [5.41, 5.74) is 3.33. The summed E-state index contributed by atoms with van der Waals surface area (Å²) in [6.07, 6.45) is 3.18. The van der Waals surface area contributed by atoms with Gasteiger partial charge in [-0.1, -0.05) is 61.7 Å². The minimum absolute atomic E-state index is 0.0356. The van der Waals surface area contributed by atoms with E-state index >= 15 is 0 Å². The molecule has 1 saturated heterocycles. The van der Waals surface area contributed by atoms with E-state index < -0.39 is 17.7 Å². The average molecular weight is 544 g/mol. The number of aliphatic hydroxyl groups is 1. The molecule has 0 aromatic heterocycles. The van der Waals surface area contributed by atoms with E-state index in [0.717, 1.165) is 24.8 Å². The molecule has 0 radical (unpaired) electrons. The van der Waals surface area contributed by atoms with E-state index in [1.165, 1.54) is 17.6 Å². The molecule has 7 heteroatoms. The fourth-order valence-electron chi connectivity index (χ4n) is 4.68. The van der Waals surface area contributed by atoms with E-state index in [4.69, 9.17) is 14.2 Å².